The van der Waals surface area contributed by atoms with Gasteiger partial charge < -0.3 is 14.6 Å². The topological polar surface area (TPSA) is 93.5 Å². The largest absolute Gasteiger partial charge is 0.425 e. The minimum absolute atomic E-state index is 0.118. The highest BCUT2D eigenvalue weighted by atomic mass is 32.1. The minimum Gasteiger partial charge on any atom is -0.425 e. The second-order valence-electron chi connectivity index (χ2n) is 9.92. The standard InChI is InChI=1S/C31H35N5O2S/c1-6-36(7-2)29(37)31(4,5)22-13-14-26-25(18-22)24(28(35-26)27-17-21(3)19-39-27)15-16-33-30(34-20-32)38-23-11-9-8-10-12-23/h8-14,17-19,35H,6-7,15-16H2,1-5H3,(H,33,34). The molecular formula is C31H35N5O2S. The van der Waals surface area contributed by atoms with Gasteiger partial charge in [-0.15, -0.1) is 11.3 Å². The molecule has 2 N–H and O–H groups in total. The van der Waals surface area contributed by atoms with Crippen LogP contribution in [0.3, 0.4) is 0 Å². The first-order valence-corrected chi connectivity index (χ1v) is 14.1. The number of para-hydroxylation sites is 1. The van der Waals surface area contributed by atoms with Crippen LogP contribution >= 0.6 is 11.3 Å². The van der Waals surface area contributed by atoms with Crippen molar-refractivity contribution in [1.82, 2.24) is 15.2 Å². The number of aromatic amines is 1. The Labute approximate surface area is 234 Å². The van der Waals surface area contributed by atoms with Crippen LogP contribution in [0.15, 0.2) is 65.0 Å². The molecule has 0 radical (unpaired) electrons. The number of thiophene rings is 1. The van der Waals surface area contributed by atoms with E-state index in [2.05, 4.69) is 45.8 Å². The number of likely N-dealkylation sites (N-methyl/N-ethyl adjacent to an activating group) is 1. The van der Waals surface area contributed by atoms with Crippen LogP contribution < -0.4 is 10.1 Å². The van der Waals surface area contributed by atoms with E-state index in [0.29, 0.717) is 31.8 Å². The molecule has 39 heavy (non-hydrogen) atoms. The molecule has 4 aromatic rings. The molecule has 0 aliphatic rings. The number of carbonyl (C=O) groups excluding carboxylic acids is 1. The maximum absolute atomic E-state index is 13.4. The van der Waals surface area contributed by atoms with Gasteiger partial charge in [-0.1, -0.05) is 24.3 Å². The molecule has 2 aromatic heterocycles. The predicted octanol–water partition coefficient (Wildman–Crippen LogP) is 6.40. The van der Waals surface area contributed by atoms with E-state index in [-0.39, 0.29) is 11.9 Å². The molecule has 0 saturated heterocycles. The van der Waals surface area contributed by atoms with Crippen molar-refractivity contribution in [3.05, 3.63) is 76.7 Å². The maximum atomic E-state index is 13.4. The van der Waals surface area contributed by atoms with E-state index < -0.39 is 5.41 Å². The number of aliphatic imine (C=N–C) groups is 1. The summed E-state index contributed by atoms with van der Waals surface area (Å²) < 4.78 is 5.78. The zero-order valence-electron chi connectivity index (χ0n) is 23.2. The SMILES string of the molecule is CCN(CC)C(=O)C(C)(C)c1ccc2[nH]c(-c3cc(C)cs3)c(CCN=C(NC#N)Oc3ccccc3)c2c1. The first-order chi connectivity index (χ1) is 18.8. The number of hydrogen-bond acceptors (Lipinski definition) is 5. The van der Waals surface area contributed by atoms with Gasteiger partial charge in [-0.2, -0.15) is 5.26 Å². The van der Waals surface area contributed by atoms with Crippen LogP contribution in [0, 0.1) is 18.4 Å². The maximum Gasteiger partial charge on any atom is 0.303 e. The summed E-state index contributed by atoms with van der Waals surface area (Å²) in [7, 11) is 0. The molecule has 0 atom stereocenters. The van der Waals surface area contributed by atoms with E-state index >= 15 is 0 Å². The summed E-state index contributed by atoms with van der Waals surface area (Å²) in [6.45, 7) is 11.9. The molecule has 4 rings (SSSR count). The van der Waals surface area contributed by atoms with Crippen LogP contribution in [-0.4, -0.2) is 41.4 Å². The van der Waals surface area contributed by atoms with Crippen molar-refractivity contribution in [3.63, 3.8) is 0 Å². The quantitative estimate of drug-likeness (QED) is 0.111. The van der Waals surface area contributed by atoms with E-state index in [1.54, 1.807) is 11.3 Å². The van der Waals surface area contributed by atoms with Gasteiger partial charge in [0.1, 0.15) is 5.75 Å². The zero-order chi connectivity index (χ0) is 28.0. The van der Waals surface area contributed by atoms with Crippen molar-refractivity contribution in [2.24, 2.45) is 4.99 Å². The van der Waals surface area contributed by atoms with E-state index in [9.17, 15) is 10.1 Å². The van der Waals surface area contributed by atoms with Crippen LogP contribution in [-0.2, 0) is 16.6 Å². The summed E-state index contributed by atoms with van der Waals surface area (Å²) >= 11 is 1.70. The smallest absolute Gasteiger partial charge is 0.303 e. The van der Waals surface area contributed by atoms with Crippen LogP contribution in [0.5, 0.6) is 5.75 Å². The number of aryl methyl sites for hydroxylation is 1. The lowest BCUT2D eigenvalue weighted by Gasteiger charge is -2.31. The fraction of sp³-hybridized carbons (Fsp3) is 0.323. The monoisotopic (exact) mass is 541 g/mol. The van der Waals surface area contributed by atoms with Gasteiger partial charge in [0.15, 0.2) is 6.19 Å². The van der Waals surface area contributed by atoms with Gasteiger partial charge in [-0.25, -0.2) is 10.3 Å². The van der Waals surface area contributed by atoms with E-state index in [4.69, 9.17) is 4.74 Å². The Balaban J connectivity index is 1.72. The number of ether oxygens (including phenoxy) is 1. The number of nitrogens with zero attached hydrogens (tertiary/aromatic N) is 3. The molecule has 0 saturated carbocycles. The number of aromatic nitrogens is 1. The third-order valence-electron chi connectivity index (χ3n) is 6.93. The Morgan fingerprint density at radius 2 is 1.90 bits per heavy atom. The molecule has 0 aliphatic heterocycles. The van der Waals surface area contributed by atoms with Gasteiger partial charge in [-0.3, -0.25) is 4.79 Å². The summed E-state index contributed by atoms with van der Waals surface area (Å²) in [6.07, 6.45) is 2.53. The third kappa shape index (κ3) is 6.15. The average molecular weight is 542 g/mol. The number of carbonyl (C=O) groups is 1. The van der Waals surface area contributed by atoms with Crippen LogP contribution in [0.1, 0.15) is 44.4 Å². The number of rotatable bonds is 9. The van der Waals surface area contributed by atoms with Crippen molar-refractivity contribution in [3.8, 4) is 22.5 Å². The molecule has 8 heteroatoms. The molecule has 0 fully saturated rings. The molecule has 0 aliphatic carbocycles. The molecular weight excluding hydrogens is 506 g/mol. The Hall–Kier alpha value is -4.09. The number of fused-ring (bicyclic) bond motifs is 1. The molecule has 0 bridgehead atoms. The number of benzene rings is 2. The first kappa shape index (κ1) is 27.9. The molecule has 202 valence electrons. The lowest BCUT2D eigenvalue weighted by molar-refractivity contribution is -0.135. The van der Waals surface area contributed by atoms with Crippen molar-refractivity contribution in [1.29, 1.82) is 5.26 Å². The third-order valence-corrected chi connectivity index (χ3v) is 7.99. The summed E-state index contributed by atoms with van der Waals surface area (Å²) in [5.74, 6) is 0.721. The fourth-order valence-corrected chi connectivity index (χ4v) is 5.64. The number of nitriles is 1. The zero-order valence-corrected chi connectivity index (χ0v) is 24.0. The molecule has 2 heterocycles. The fourth-order valence-electron chi connectivity index (χ4n) is 4.71. The summed E-state index contributed by atoms with van der Waals surface area (Å²) in [6, 6.07) is 17.9. The van der Waals surface area contributed by atoms with Gasteiger partial charge >= 0.3 is 6.02 Å². The normalized spacial score (nSPS) is 11.8. The summed E-state index contributed by atoms with van der Waals surface area (Å²) in [5, 5.41) is 15.0. The summed E-state index contributed by atoms with van der Waals surface area (Å²) in [4.78, 5) is 24.6. The van der Waals surface area contributed by atoms with E-state index in [1.807, 2.05) is 75.2 Å². The van der Waals surface area contributed by atoms with Crippen LogP contribution in [0.25, 0.3) is 21.5 Å². The van der Waals surface area contributed by atoms with Crippen molar-refractivity contribution >= 4 is 34.2 Å². The highest BCUT2D eigenvalue weighted by Gasteiger charge is 2.33. The van der Waals surface area contributed by atoms with Crippen molar-refractivity contribution in [2.45, 2.75) is 46.5 Å². The number of amidine groups is 1. The highest BCUT2D eigenvalue weighted by Crippen LogP contribution is 2.37. The van der Waals surface area contributed by atoms with Crippen LogP contribution in [0.4, 0.5) is 0 Å². The van der Waals surface area contributed by atoms with E-state index in [1.165, 1.54) is 5.56 Å². The van der Waals surface area contributed by atoms with Gasteiger partial charge in [-0.05, 0) is 93.4 Å². The Bertz CT molecular complexity index is 1510. The van der Waals surface area contributed by atoms with E-state index in [0.717, 1.165) is 32.6 Å². The minimum atomic E-state index is -0.667. The molecule has 2 aromatic carbocycles. The lowest BCUT2D eigenvalue weighted by atomic mass is 9.82. The van der Waals surface area contributed by atoms with Gasteiger partial charge in [0.05, 0.1) is 16.0 Å². The lowest BCUT2D eigenvalue weighted by Crippen LogP contribution is -2.43. The van der Waals surface area contributed by atoms with Gasteiger partial charge in [0.25, 0.3) is 0 Å². The summed E-state index contributed by atoms with van der Waals surface area (Å²) in [5.41, 5.74) is 4.72. The average Bonchev–Trinajstić information content (AvgIpc) is 3.53. The number of nitrogens with one attached hydrogen (secondary N) is 2. The molecule has 0 spiro atoms. The Kier molecular flexibility index (Phi) is 8.72. The van der Waals surface area contributed by atoms with Crippen molar-refractivity contribution in [2.75, 3.05) is 19.6 Å². The number of H-pyrrole nitrogens is 1. The first-order valence-electron chi connectivity index (χ1n) is 13.2. The second kappa shape index (κ2) is 12.2. The Morgan fingerprint density at radius 3 is 2.54 bits per heavy atom. The van der Waals surface area contributed by atoms with Crippen molar-refractivity contribution < 1.29 is 9.53 Å². The number of hydrogen-bond donors (Lipinski definition) is 2. The molecule has 1 amide bonds. The Morgan fingerprint density at radius 1 is 1.15 bits per heavy atom. The van der Waals surface area contributed by atoms with Gasteiger partial charge in [0.2, 0.25) is 5.91 Å². The van der Waals surface area contributed by atoms with Gasteiger partial charge in [0, 0.05) is 30.5 Å². The highest BCUT2D eigenvalue weighted by molar-refractivity contribution is 7.13. The molecule has 7 nitrogen and oxygen atoms in total. The predicted molar refractivity (Wildman–Crippen MR) is 159 cm³/mol. The molecule has 0 unspecified atom stereocenters. The number of amides is 1. The van der Waals surface area contributed by atoms with Crippen LogP contribution in [0.2, 0.25) is 0 Å². The second-order valence-corrected chi connectivity index (χ2v) is 10.8.